The smallest absolute Gasteiger partial charge is 0.0268 e. The summed E-state index contributed by atoms with van der Waals surface area (Å²) in [5, 5.41) is 4.10. The quantitative estimate of drug-likeness (QED) is 0.834. The van der Waals surface area contributed by atoms with Crippen LogP contribution in [0.5, 0.6) is 0 Å². The first kappa shape index (κ1) is 15.2. The van der Waals surface area contributed by atoms with Gasteiger partial charge >= 0.3 is 0 Å². The van der Waals surface area contributed by atoms with Gasteiger partial charge in [-0.15, -0.1) is 0 Å². The van der Waals surface area contributed by atoms with Crippen molar-refractivity contribution in [3.05, 3.63) is 84.2 Å². The van der Waals surface area contributed by atoms with Gasteiger partial charge in [0.15, 0.2) is 0 Å². The van der Waals surface area contributed by atoms with E-state index in [9.17, 15) is 0 Å². The summed E-state index contributed by atoms with van der Waals surface area (Å²) in [6.07, 6.45) is 6.54. The summed E-state index contributed by atoms with van der Waals surface area (Å²) in [6.45, 7) is 0.499. The summed E-state index contributed by atoms with van der Waals surface area (Å²) in [5.74, 6) is 0.233. The molecule has 2 aromatic rings. The Morgan fingerprint density at radius 2 is 1.45 bits per heavy atom. The van der Waals surface area contributed by atoms with Gasteiger partial charge in [-0.05, 0) is 23.8 Å². The molecule has 0 spiro atoms. The minimum atomic E-state index is -0.566. The molecule has 22 heavy (non-hydrogen) atoms. The molecule has 0 radical (unpaired) electrons. The molecule has 3 heteroatoms. The fourth-order valence-corrected chi connectivity index (χ4v) is 5.46. The van der Waals surface area contributed by atoms with Crippen LogP contribution in [0.3, 0.4) is 0 Å². The summed E-state index contributed by atoms with van der Waals surface area (Å²) in [7, 11) is -0.566. The first-order chi connectivity index (χ1) is 10.8. The number of benzene rings is 2. The highest BCUT2D eigenvalue weighted by atomic mass is 31.1. The number of allylic oxidation sites excluding steroid dienone is 2. The van der Waals surface area contributed by atoms with Crippen molar-refractivity contribution in [2.45, 2.75) is 6.04 Å². The second-order valence-electron chi connectivity index (χ2n) is 5.41. The second-order valence-corrected chi connectivity index (χ2v) is 7.63. The van der Waals surface area contributed by atoms with Gasteiger partial charge in [-0.2, -0.15) is 0 Å². The van der Waals surface area contributed by atoms with Gasteiger partial charge in [0.1, 0.15) is 0 Å². The van der Waals surface area contributed by atoms with E-state index in [-0.39, 0.29) is 12.0 Å². The van der Waals surface area contributed by atoms with Crippen LogP contribution < -0.4 is 22.1 Å². The van der Waals surface area contributed by atoms with Gasteiger partial charge in [-0.25, -0.2) is 0 Å². The van der Waals surface area contributed by atoms with E-state index >= 15 is 0 Å². The third-order valence-electron chi connectivity index (χ3n) is 3.95. The minimum Gasteiger partial charge on any atom is -0.329 e. The highest BCUT2D eigenvalue weighted by molar-refractivity contribution is 7.76. The van der Waals surface area contributed by atoms with E-state index in [1.807, 2.05) is 0 Å². The van der Waals surface area contributed by atoms with Crippen molar-refractivity contribution in [3.8, 4) is 0 Å². The minimum absolute atomic E-state index is 0.0255. The van der Waals surface area contributed by atoms with E-state index in [1.54, 1.807) is 0 Å². The SMILES string of the molecule is NCC(N)C1C=CC=C1P(c1ccccc1)c1ccccc1. The van der Waals surface area contributed by atoms with Crippen LogP contribution in [0.1, 0.15) is 0 Å². The Labute approximate surface area is 133 Å². The van der Waals surface area contributed by atoms with E-state index in [0.717, 1.165) is 0 Å². The normalized spacial score (nSPS) is 18.5. The first-order valence-corrected chi connectivity index (χ1v) is 8.89. The van der Waals surface area contributed by atoms with E-state index < -0.39 is 7.92 Å². The van der Waals surface area contributed by atoms with Gasteiger partial charge in [0.2, 0.25) is 0 Å². The monoisotopic (exact) mass is 308 g/mol. The van der Waals surface area contributed by atoms with Crippen LogP contribution in [0, 0.1) is 5.92 Å². The van der Waals surface area contributed by atoms with Crippen molar-refractivity contribution in [2.75, 3.05) is 6.54 Å². The van der Waals surface area contributed by atoms with Crippen LogP contribution in [0.15, 0.2) is 84.2 Å². The van der Waals surface area contributed by atoms with Crippen LogP contribution in [0.25, 0.3) is 0 Å². The summed E-state index contributed by atoms with van der Waals surface area (Å²) >= 11 is 0. The van der Waals surface area contributed by atoms with Crippen molar-refractivity contribution in [1.29, 1.82) is 0 Å². The molecule has 2 nitrogen and oxygen atoms in total. The third-order valence-corrected chi connectivity index (χ3v) is 6.54. The fraction of sp³-hybridized carbons (Fsp3) is 0.158. The van der Waals surface area contributed by atoms with Gasteiger partial charge in [0.05, 0.1) is 0 Å². The summed E-state index contributed by atoms with van der Waals surface area (Å²) in [5.41, 5.74) is 12.1. The van der Waals surface area contributed by atoms with Crippen LogP contribution in [0.4, 0.5) is 0 Å². The van der Waals surface area contributed by atoms with Crippen LogP contribution in [-0.4, -0.2) is 12.6 Å². The molecule has 1 aliphatic carbocycles. The number of rotatable bonds is 5. The van der Waals surface area contributed by atoms with Gasteiger partial charge in [0, 0.05) is 18.5 Å². The predicted molar refractivity (Wildman–Crippen MR) is 96.8 cm³/mol. The molecule has 0 saturated carbocycles. The Balaban J connectivity index is 2.04. The molecule has 0 fully saturated rings. The maximum absolute atomic E-state index is 6.26. The van der Waals surface area contributed by atoms with E-state index in [4.69, 9.17) is 11.5 Å². The number of hydrogen-bond acceptors (Lipinski definition) is 2. The largest absolute Gasteiger partial charge is 0.329 e. The van der Waals surface area contributed by atoms with Gasteiger partial charge in [-0.1, -0.05) is 78.9 Å². The zero-order valence-electron chi connectivity index (χ0n) is 12.5. The van der Waals surface area contributed by atoms with E-state index in [2.05, 4.69) is 78.9 Å². The lowest BCUT2D eigenvalue weighted by molar-refractivity contribution is 0.590. The molecular formula is C19H21N2P. The van der Waals surface area contributed by atoms with Crippen molar-refractivity contribution >= 4 is 18.5 Å². The molecule has 112 valence electrons. The van der Waals surface area contributed by atoms with Gasteiger partial charge in [0.25, 0.3) is 0 Å². The average molecular weight is 308 g/mol. The zero-order chi connectivity index (χ0) is 15.4. The lowest BCUT2D eigenvalue weighted by atomic mass is 10.0. The molecule has 0 bridgehead atoms. The van der Waals surface area contributed by atoms with Gasteiger partial charge < -0.3 is 11.5 Å². The lowest BCUT2D eigenvalue weighted by Gasteiger charge is -2.28. The second kappa shape index (κ2) is 7.02. The Hall–Kier alpha value is -1.73. The van der Waals surface area contributed by atoms with E-state index in [0.29, 0.717) is 6.54 Å². The standard InChI is InChI=1S/C19H21N2P/c20-14-18(21)17-12-7-13-19(17)22(15-8-3-1-4-9-15)16-10-5-2-6-11-16/h1-13,17-18H,14,20-21H2. The van der Waals surface area contributed by atoms with E-state index in [1.165, 1.54) is 15.9 Å². The maximum atomic E-state index is 6.26. The van der Waals surface area contributed by atoms with Crippen molar-refractivity contribution in [1.82, 2.24) is 0 Å². The molecule has 2 aromatic carbocycles. The highest BCUT2D eigenvalue weighted by Gasteiger charge is 2.29. The molecular weight excluding hydrogens is 287 g/mol. The molecule has 2 unspecified atom stereocenters. The Bertz CT molecular complexity index is 625. The first-order valence-electron chi connectivity index (χ1n) is 7.55. The molecule has 1 aliphatic rings. The summed E-state index contributed by atoms with van der Waals surface area (Å²) in [6, 6.07) is 21.4. The Morgan fingerprint density at radius 3 is 1.95 bits per heavy atom. The van der Waals surface area contributed by atoms with Gasteiger partial charge in [-0.3, -0.25) is 0 Å². The van der Waals surface area contributed by atoms with Crippen LogP contribution in [-0.2, 0) is 0 Å². The number of nitrogens with two attached hydrogens (primary N) is 2. The molecule has 0 heterocycles. The maximum Gasteiger partial charge on any atom is 0.0268 e. The van der Waals surface area contributed by atoms with Crippen molar-refractivity contribution < 1.29 is 0 Å². The van der Waals surface area contributed by atoms with Crippen molar-refractivity contribution in [3.63, 3.8) is 0 Å². The molecule has 2 atom stereocenters. The molecule has 0 saturated heterocycles. The summed E-state index contributed by atoms with van der Waals surface area (Å²) in [4.78, 5) is 0. The molecule has 0 aliphatic heterocycles. The fourth-order valence-electron chi connectivity index (χ4n) is 2.82. The molecule has 3 rings (SSSR count). The average Bonchev–Trinajstić information content (AvgIpc) is 3.06. The summed E-state index contributed by atoms with van der Waals surface area (Å²) < 4.78 is 0. The van der Waals surface area contributed by atoms with Crippen molar-refractivity contribution in [2.24, 2.45) is 17.4 Å². The lowest BCUT2D eigenvalue weighted by Crippen LogP contribution is -2.37. The molecule has 0 aromatic heterocycles. The van der Waals surface area contributed by atoms with Crippen LogP contribution >= 0.6 is 7.92 Å². The molecule has 4 N–H and O–H groups in total. The predicted octanol–water partition coefficient (Wildman–Crippen LogP) is 2.48. The highest BCUT2D eigenvalue weighted by Crippen LogP contribution is 2.49. The Morgan fingerprint density at radius 1 is 0.909 bits per heavy atom. The zero-order valence-corrected chi connectivity index (χ0v) is 13.4. The Kier molecular flexibility index (Phi) is 4.84. The number of hydrogen-bond donors (Lipinski definition) is 2. The molecule has 0 amide bonds. The third kappa shape index (κ3) is 3.05. The van der Waals surface area contributed by atoms with Crippen LogP contribution in [0.2, 0.25) is 0 Å². The topological polar surface area (TPSA) is 52.0 Å².